The highest BCUT2D eigenvalue weighted by molar-refractivity contribution is 5.95. The summed E-state index contributed by atoms with van der Waals surface area (Å²) in [5.74, 6) is 0.531. The molecule has 33 heavy (non-hydrogen) atoms. The number of hydrogen-bond acceptors (Lipinski definition) is 5. The van der Waals surface area contributed by atoms with E-state index in [4.69, 9.17) is 4.74 Å². The van der Waals surface area contributed by atoms with Gasteiger partial charge >= 0.3 is 6.18 Å². The van der Waals surface area contributed by atoms with Crippen LogP contribution < -0.4 is 10.1 Å². The third-order valence-corrected chi connectivity index (χ3v) is 4.96. The van der Waals surface area contributed by atoms with Crippen molar-refractivity contribution in [2.24, 2.45) is 0 Å². The first-order chi connectivity index (χ1) is 15.8. The second-order valence-electron chi connectivity index (χ2n) is 7.09. The molecule has 1 aromatic carbocycles. The molecule has 0 aliphatic rings. The molecule has 3 heterocycles. The van der Waals surface area contributed by atoms with Crippen molar-refractivity contribution in [3.05, 3.63) is 83.6 Å². The Bertz CT molecular complexity index is 1260. The molecule has 0 aliphatic heterocycles. The molecule has 0 spiro atoms. The standard InChI is InChI=1S/C22H19F3N6O2/c1-14-19(13-28-31(14)20-8-3-15(11-26-20)22(23,24)25)21(32)27-12-16-9-10-30(29-16)17-4-6-18(33-2)7-5-17/h3-11,13H,12H2,1-2H3,(H,27,32). The number of ether oxygens (including phenoxy) is 1. The largest absolute Gasteiger partial charge is 0.497 e. The number of hydrogen-bond donors (Lipinski definition) is 1. The Morgan fingerprint density at radius 2 is 1.85 bits per heavy atom. The molecule has 0 saturated heterocycles. The van der Waals surface area contributed by atoms with Crippen molar-refractivity contribution in [2.75, 3.05) is 7.11 Å². The predicted octanol–water partition coefficient (Wildman–Crippen LogP) is 3.72. The number of carbonyl (C=O) groups is 1. The number of aromatic nitrogens is 5. The average molecular weight is 456 g/mol. The molecular weight excluding hydrogens is 437 g/mol. The predicted molar refractivity (Wildman–Crippen MR) is 112 cm³/mol. The van der Waals surface area contributed by atoms with Crippen LogP contribution in [0.4, 0.5) is 13.2 Å². The molecular formula is C22H19F3N6O2. The van der Waals surface area contributed by atoms with E-state index in [1.165, 1.54) is 16.9 Å². The van der Waals surface area contributed by atoms with Crippen molar-refractivity contribution in [3.63, 3.8) is 0 Å². The van der Waals surface area contributed by atoms with Crippen LogP contribution in [-0.2, 0) is 12.7 Å². The van der Waals surface area contributed by atoms with Crippen LogP contribution in [0.3, 0.4) is 0 Å². The Kier molecular flexibility index (Phi) is 5.86. The van der Waals surface area contributed by atoms with Crippen molar-refractivity contribution >= 4 is 5.91 Å². The fraction of sp³-hybridized carbons (Fsp3) is 0.182. The van der Waals surface area contributed by atoms with Gasteiger partial charge in [0, 0.05) is 12.4 Å². The van der Waals surface area contributed by atoms with Crippen LogP contribution in [0.2, 0.25) is 0 Å². The molecule has 11 heteroatoms. The highest BCUT2D eigenvalue weighted by atomic mass is 19.4. The zero-order valence-electron chi connectivity index (χ0n) is 17.7. The van der Waals surface area contributed by atoms with Crippen LogP contribution in [0.5, 0.6) is 5.75 Å². The lowest BCUT2D eigenvalue weighted by Gasteiger charge is -2.08. The topological polar surface area (TPSA) is 86.9 Å². The van der Waals surface area contributed by atoms with E-state index in [0.29, 0.717) is 11.4 Å². The van der Waals surface area contributed by atoms with E-state index in [9.17, 15) is 18.0 Å². The van der Waals surface area contributed by atoms with E-state index in [-0.39, 0.29) is 23.8 Å². The van der Waals surface area contributed by atoms with Gasteiger partial charge in [-0.2, -0.15) is 23.4 Å². The summed E-state index contributed by atoms with van der Waals surface area (Å²) in [5.41, 5.74) is 1.36. The summed E-state index contributed by atoms with van der Waals surface area (Å²) in [4.78, 5) is 16.4. The molecule has 3 aromatic heterocycles. The number of pyridine rings is 1. The maximum Gasteiger partial charge on any atom is 0.417 e. The van der Waals surface area contributed by atoms with Gasteiger partial charge in [-0.25, -0.2) is 14.3 Å². The minimum atomic E-state index is -4.48. The Hall–Kier alpha value is -4.15. The smallest absolute Gasteiger partial charge is 0.417 e. The van der Waals surface area contributed by atoms with Crippen molar-refractivity contribution in [1.82, 2.24) is 29.9 Å². The van der Waals surface area contributed by atoms with Gasteiger partial charge in [-0.3, -0.25) is 4.79 Å². The van der Waals surface area contributed by atoms with E-state index in [1.54, 1.807) is 31.0 Å². The van der Waals surface area contributed by atoms with E-state index >= 15 is 0 Å². The van der Waals surface area contributed by atoms with Gasteiger partial charge in [0.25, 0.3) is 5.91 Å². The van der Waals surface area contributed by atoms with Crippen LogP contribution in [-0.4, -0.2) is 37.6 Å². The number of nitrogens with one attached hydrogen (secondary N) is 1. The highest BCUT2D eigenvalue weighted by Crippen LogP contribution is 2.28. The number of alkyl halides is 3. The summed E-state index contributed by atoms with van der Waals surface area (Å²) in [7, 11) is 1.59. The quantitative estimate of drug-likeness (QED) is 0.478. The molecule has 0 atom stereocenters. The fourth-order valence-corrected chi connectivity index (χ4v) is 3.14. The summed E-state index contributed by atoms with van der Waals surface area (Å²) < 4.78 is 46.3. The fourth-order valence-electron chi connectivity index (χ4n) is 3.14. The lowest BCUT2D eigenvalue weighted by molar-refractivity contribution is -0.137. The van der Waals surface area contributed by atoms with Crippen molar-refractivity contribution in [1.29, 1.82) is 0 Å². The van der Waals surface area contributed by atoms with Crippen LogP contribution in [0.1, 0.15) is 27.3 Å². The normalized spacial score (nSPS) is 11.4. The van der Waals surface area contributed by atoms with Gasteiger partial charge in [-0.15, -0.1) is 0 Å². The minimum Gasteiger partial charge on any atom is -0.497 e. The van der Waals surface area contributed by atoms with Gasteiger partial charge in [-0.1, -0.05) is 0 Å². The van der Waals surface area contributed by atoms with Gasteiger partial charge < -0.3 is 10.1 Å². The van der Waals surface area contributed by atoms with Gasteiger partial charge in [0.15, 0.2) is 5.82 Å². The number of rotatable bonds is 6. The maximum atomic E-state index is 12.7. The lowest BCUT2D eigenvalue weighted by atomic mass is 10.2. The molecule has 0 bridgehead atoms. The van der Waals surface area contributed by atoms with Crippen molar-refractivity contribution in [2.45, 2.75) is 19.6 Å². The summed E-state index contributed by atoms with van der Waals surface area (Å²) >= 11 is 0. The first-order valence-electron chi connectivity index (χ1n) is 9.81. The zero-order chi connectivity index (χ0) is 23.6. The lowest BCUT2D eigenvalue weighted by Crippen LogP contribution is -2.23. The number of methoxy groups -OCH3 is 1. The molecule has 8 nitrogen and oxygen atoms in total. The van der Waals surface area contributed by atoms with Gasteiger partial charge in [0.2, 0.25) is 0 Å². The summed E-state index contributed by atoms with van der Waals surface area (Å²) in [5, 5.41) is 11.3. The number of carbonyl (C=O) groups excluding carboxylic acids is 1. The average Bonchev–Trinajstić information content (AvgIpc) is 3.44. The molecule has 4 aromatic rings. The molecule has 0 saturated carbocycles. The molecule has 170 valence electrons. The second-order valence-corrected chi connectivity index (χ2v) is 7.09. The van der Waals surface area contributed by atoms with Crippen molar-refractivity contribution < 1.29 is 22.7 Å². The third-order valence-electron chi connectivity index (χ3n) is 4.96. The number of halogens is 3. The molecule has 0 unspecified atom stereocenters. The Morgan fingerprint density at radius 1 is 1.09 bits per heavy atom. The second kappa shape index (κ2) is 8.77. The monoisotopic (exact) mass is 456 g/mol. The maximum absolute atomic E-state index is 12.7. The molecule has 1 amide bonds. The molecule has 0 fully saturated rings. The molecule has 0 aliphatic carbocycles. The SMILES string of the molecule is COc1ccc(-n2ccc(CNC(=O)c3cnn(-c4ccc(C(F)(F)F)cn4)c3C)n2)cc1. The summed E-state index contributed by atoms with van der Waals surface area (Å²) in [6.07, 6.45) is -0.617. The van der Waals surface area contributed by atoms with E-state index < -0.39 is 11.7 Å². The summed E-state index contributed by atoms with van der Waals surface area (Å²) in [6.45, 7) is 1.82. The Labute approximate surface area is 186 Å². The van der Waals surface area contributed by atoms with E-state index in [0.717, 1.165) is 23.7 Å². The minimum absolute atomic E-state index is 0.179. The van der Waals surface area contributed by atoms with Crippen molar-refractivity contribution in [3.8, 4) is 17.3 Å². The van der Waals surface area contributed by atoms with E-state index in [1.807, 2.05) is 24.3 Å². The van der Waals surface area contributed by atoms with Crippen LogP contribution >= 0.6 is 0 Å². The highest BCUT2D eigenvalue weighted by Gasteiger charge is 2.30. The number of amides is 1. The molecule has 4 rings (SSSR count). The first kappa shape index (κ1) is 22.1. The van der Waals surface area contributed by atoms with E-state index in [2.05, 4.69) is 20.5 Å². The number of nitrogens with zero attached hydrogens (tertiary/aromatic N) is 5. The Balaban J connectivity index is 1.42. The van der Waals surface area contributed by atoms with Crippen LogP contribution in [0.25, 0.3) is 11.5 Å². The van der Waals surface area contributed by atoms with Gasteiger partial charge in [-0.05, 0) is 49.4 Å². The van der Waals surface area contributed by atoms with Crippen LogP contribution in [0, 0.1) is 6.92 Å². The van der Waals surface area contributed by atoms with Gasteiger partial charge in [0.05, 0.1) is 48.1 Å². The zero-order valence-corrected chi connectivity index (χ0v) is 17.7. The molecule has 1 N–H and O–H groups in total. The molecule has 0 radical (unpaired) electrons. The first-order valence-corrected chi connectivity index (χ1v) is 9.81. The van der Waals surface area contributed by atoms with Crippen LogP contribution in [0.15, 0.2) is 61.1 Å². The summed E-state index contributed by atoms with van der Waals surface area (Å²) in [6, 6.07) is 11.3. The Morgan fingerprint density at radius 3 is 2.48 bits per heavy atom. The van der Waals surface area contributed by atoms with Gasteiger partial charge in [0.1, 0.15) is 5.75 Å². The third kappa shape index (κ3) is 4.71. The number of benzene rings is 1.